The van der Waals surface area contributed by atoms with Crippen molar-refractivity contribution in [2.45, 2.75) is 36.6 Å². The Bertz CT molecular complexity index is 684. The van der Waals surface area contributed by atoms with Gasteiger partial charge in [0.15, 0.2) is 0 Å². The third-order valence-corrected chi connectivity index (χ3v) is 5.62. The van der Waals surface area contributed by atoms with Gasteiger partial charge in [0.05, 0.1) is 0 Å². The van der Waals surface area contributed by atoms with E-state index in [9.17, 15) is 9.90 Å². The second kappa shape index (κ2) is 9.64. The number of carbonyl (C=O) groups is 1. The van der Waals surface area contributed by atoms with Gasteiger partial charge >= 0.3 is 5.97 Å². The van der Waals surface area contributed by atoms with Crippen LogP contribution in [0, 0.1) is 0 Å². The molecule has 26 heavy (non-hydrogen) atoms. The lowest BCUT2D eigenvalue weighted by Gasteiger charge is -2.31. The molecule has 4 nitrogen and oxygen atoms in total. The van der Waals surface area contributed by atoms with E-state index in [1.165, 1.54) is 6.42 Å². The van der Waals surface area contributed by atoms with Crippen LogP contribution in [0.3, 0.4) is 0 Å². The van der Waals surface area contributed by atoms with E-state index in [1.54, 1.807) is 11.8 Å². The second-order valence-corrected chi connectivity index (χ2v) is 7.64. The maximum absolute atomic E-state index is 11.6. The van der Waals surface area contributed by atoms with Gasteiger partial charge in [-0.2, -0.15) is 0 Å². The Kier molecular flexibility index (Phi) is 6.97. The third-order valence-electron chi connectivity index (χ3n) is 4.58. The number of hydrogen-bond acceptors (Lipinski definition) is 4. The van der Waals surface area contributed by atoms with Crippen LogP contribution in [0.1, 0.15) is 25.7 Å². The number of ether oxygens (including phenoxy) is 1. The number of carboxylic acids is 1. The Morgan fingerprint density at radius 1 is 1.00 bits per heavy atom. The van der Waals surface area contributed by atoms with E-state index < -0.39 is 5.97 Å². The molecule has 0 aromatic heterocycles. The summed E-state index contributed by atoms with van der Waals surface area (Å²) in [6.45, 7) is 1.82. The molecule has 0 aliphatic carbocycles. The molecule has 2 aromatic rings. The molecule has 3 rings (SSSR count). The normalized spacial score (nSPS) is 16.2. The average Bonchev–Trinajstić information content (AvgIpc) is 2.68. The molecule has 1 heterocycles. The van der Waals surface area contributed by atoms with E-state index >= 15 is 0 Å². The number of carboxylic acid groups (broad SMARTS) is 1. The molecule has 1 aliphatic rings. The monoisotopic (exact) mass is 371 g/mol. The van der Waals surface area contributed by atoms with Gasteiger partial charge in [-0.25, -0.2) is 0 Å². The number of para-hydroxylation sites is 1. The lowest BCUT2D eigenvalue weighted by Crippen LogP contribution is -2.44. The molecule has 0 saturated carbocycles. The Balaban J connectivity index is 1.48. The van der Waals surface area contributed by atoms with Crippen molar-refractivity contribution in [2.24, 2.45) is 0 Å². The summed E-state index contributed by atoms with van der Waals surface area (Å²) in [5.41, 5.74) is 0. The number of aliphatic carboxylic acids is 1. The highest BCUT2D eigenvalue weighted by Crippen LogP contribution is 2.26. The minimum Gasteiger partial charge on any atom is -0.480 e. The summed E-state index contributed by atoms with van der Waals surface area (Å²) in [5.74, 6) is 1.72. The van der Waals surface area contributed by atoms with Gasteiger partial charge in [0.25, 0.3) is 0 Å². The van der Waals surface area contributed by atoms with Crippen molar-refractivity contribution in [1.82, 2.24) is 4.90 Å². The van der Waals surface area contributed by atoms with Crippen LogP contribution in [-0.4, -0.2) is 40.9 Å². The van der Waals surface area contributed by atoms with Crippen LogP contribution in [0.2, 0.25) is 0 Å². The molecule has 1 atom stereocenters. The lowest BCUT2D eigenvalue weighted by molar-refractivity contribution is -0.143. The topological polar surface area (TPSA) is 49.8 Å². The highest BCUT2D eigenvalue weighted by atomic mass is 32.2. The van der Waals surface area contributed by atoms with Crippen molar-refractivity contribution in [3.8, 4) is 11.5 Å². The molecular formula is C21H25NO3S. The zero-order valence-corrected chi connectivity index (χ0v) is 15.7. The number of benzene rings is 2. The van der Waals surface area contributed by atoms with Crippen LogP contribution in [0.25, 0.3) is 0 Å². The van der Waals surface area contributed by atoms with Crippen LogP contribution < -0.4 is 4.74 Å². The fourth-order valence-corrected chi connectivity index (χ4v) is 4.11. The van der Waals surface area contributed by atoms with Gasteiger partial charge in [-0.05, 0) is 68.8 Å². The van der Waals surface area contributed by atoms with Crippen LogP contribution in [0.4, 0.5) is 0 Å². The fourth-order valence-electron chi connectivity index (χ4n) is 3.21. The van der Waals surface area contributed by atoms with Gasteiger partial charge in [-0.1, -0.05) is 24.6 Å². The van der Waals surface area contributed by atoms with Crippen LogP contribution in [0.5, 0.6) is 11.5 Å². The smallest absolute Gasteiger partial charge is 0.320 e. The zero-order valence-electron chi connectivity index (χ0n) is 14.8. The molecule has 0 bridgehead atoms. The van der Waals surface area contributed by atoms with Crippen molar-refractivity contribution >= 4 is 17.7 Å². The van der Waals surface area contributed by atoms with E-state index in [0.29, 0.717) is 6.42 Å². The van der Waals surface area contributed by atoms with Gasteiger partial charge in [-0.3, -0.25) is 9.69 Å². The predicted molar refractivity (Wildman–Crippen MR) is 105 cm³/mol. The molecule has 1 unspecified atom stereocenters. The number of nitrogens with zero attached hydrogens (tertiary/aromatic N) is 1. The first-order chi connectivity index (χ1) is 12.7. The standard InChI is InChI=1S/C21H25NO3S/c23-21(24)20(22-14-5-2-6-15-22)13-16-26-19-11-9-18(10-12-19)25-17-7-3-1-4-8-17/h1,3-4,7-12,20H,2,5-6,13-16H2,(H,23,24). The summed E-state index contributed by atoms with van der Waals surface area (Å²) < 4.78 is 5.79. The second-order valence-electron chi connectivity index (χ2n) is 6.47. The van der Waals surface area contributed by atoms with E-state index in [1.807, 2.05) is 54.6 Å². The quantitative estimate of drug-likeness (QED) is 0.669. The minimum absolute atomic E-state index is 0.358. The molecule has 1 saturated heterocycles. The molecule has 1 aliphatic heterocycles. The SMILES string of the molecule is O=C(O)C(CCSc1ccc(Oc2ccccc2)cc1)N1CCCCC1. The summed E-state index contributed by atoms with van der Waals surface area (Å²) in [7, 11) is 0. The third kappa shape index (κ3) is 5.51. The molecule has 5 heteroatoms. The number of hydrogen-bond donors (Lipinski definition) is 1. The number of thioether (sulfide) groups is 1. The lowest BCUT2D eigenvalue weighted by atomic mass is 10.1. The molecular weight excluding hydrogens is 346 g/mol. The van der Waals surface area contributed by atoms with Gasteiger partial charge in [0.2, 0.25) is 0 Å². The first kappa shape index (κ1) is 18.8. The Morgan fingerprint density at radius 3 is 2.31 bits per heavy atom. The van der Waals surface area contributed by atoms with Crippen molar-refractivity contribution in [3.63, 3.8) is 0 Å². The van der Waals surface area contributed by atoms with Crippen molar-refractivity contribution in [1.29, 1.82) is 0 Å². The summed E-state index contributed by atoms with van der Waals surface area (Å²) >= 11 is 1.70. The van der Waals surface area contributed by atoms with E-state index in [2.05, 4.69) is 4.90 Å². The number of likely N-dealkylation sites (tertiary alicyclic amines) is 1. The van der Waals surface area contributed by atoms with E-state index in [-0.39, 0.29) is 6.04 Å². The summed E-state index contributed by atoms with van der Waals surface area (Å²) in [6.07, 6.45) is 4.11. The Hall–Kier alpha value is -1.98. The minimum atomic E-state index is -0.695. The summed E-state index contributed by atoms with van der Waals surface area (Å²) in [5, 5.41) is 9.53. The molecule has 1 N–H and O–H groups in total. The van der Waals surface area contributed by atoms with Crippen LogP contribution in [-0.2, 0) is 4.79 Å². The zero-order chi connectivity index (χ0) is 18.2. The first-order valence-electron chi connectivity index (χ1n) is 9.15. The Labute approximate surface area is 159 Å². The summed E-state index contributed by atoms with van der Waals surface area (Å²) in [4.78, 5) is 14.9. The summed E-state index contributed by atoms with van der Waals surface area (Å²) in [6, 6.07) is 17.3. The van der Waals surface area contributed by atoms with Gasteiger partial charge < -0.3 is 9.84 Å². The van der Waals surface area contributed by atoms with Gasteiger partial charge in [0.1, 0.15) is 17.5 Å². The first-order valence-corrected chi connectivity index (χ1v) is 10.1. The van der Waals surface area contributed by atoms with Crippen LogP contribution >= 0.6 is 11.8 Å². The van der Waals surface area contributed by atoms with Crippen molar-refractivity contribution in [2.75, 3.05) is 18.8 Å². The van der Waals surface area contributed by atoms with Gasteiger partial charge in [-0.15, -0.1) is 11.8 Å². The van der Waals surface area contributed by atoms with Gasteiger partial charge in [0, 0.05) is 10.6 Å². The fraction of sp³-hybridized carbons (Fsp3) is 0.381. The van der Waals surface area contributed by atoms with Crippen molar-refractivity contribution in [3.05, 3.63) is 54.6 Å². The molecule has 0 spiro atoms. The van der Waals surface area contributed by atoms with Crippen molar-refractivity contribution < 1.29 is 14.6 Å². The van der Waals surface area contributed by atoms with E-state index in [0.717, 1.165) is 48.1 Å². The molecule has 0 radical (unpaired) electrons. The van der Waals surface area contributed by atoms with Crippen LogP contribution in [0.15, 0.2) is 59.5 Å². The largest absolute Gasteiger partial charge is 0.480 e. The maximum atomic E-state index is 11.6. The molecule has 1 fully saturated rings. The Morgan fingerprint density at radius 2 is 1.65 bits per heavy atom. The molecule has 2 aromatic carbocycles. The number of piperidine rings is 1. The molecule has 0 amide bonds. The number of rotatable bonds is 8. The highest BCUT2D eigenvalue weighted by molar-refractivity contribution is 7.99. The maximum Gasteiger partial charge on any atom is 0.320 e. The average molecular weight is 372 g/mol. The highest BCUT2D eigenvalue weighted by Gasteiger charge is 2.26. The molecule has 138 valence electrons. The predicted octanol–water partition coefficient (Wildman–Crippen LogP) is 4.90. The van der Waals surface area contributed by atoms with E-state index in [4.69, 9.17) is 4.74 Å².